The minimum absolute atomic E-state index is 0.0760. The third kappa shape index (κ3) is 5.17. The van der Waals surface area contributed by atoms with Gasteiger partial charge in [0.1, 0.15) is 11.5 Å². The smallest absolute Gasteiger partial charge is 0.250 e. The van der Waals surface area contributed by atoms with Crippen molar-refractivity contribution in [3.05, 3.63) is 95.9 Å². The van der Waals surface area contributed by atoms with Crippen LogP contribution >= 0.6 is 0 Å². The lowest BCUT2D eigenvalue weighted by Crippen LogP contribution is -2.26. The number of nitrogens with zero attached hydrogens (tertiary/aromatic N) is 2. The molecule has 6 nitrogen and oxygen atoms in total. The van der Waals surface area contributed by atoms with Crippen molar-refractivity contribution in [1.29, 1.82) is 0 Å². The van der Waals surface area contributed by atoms with Crippen molar-refractivity contribution >= 4 is 11.8 Å². The van der Waals surface area contributed by atoms with Gasteiger partial charge in [0.15, 0.2) is 0 Å². The second kappa shape index (κ2) is 10.3. The molecule has 174 valence electrons. The van der Waals surface area contributed by atoms with Gasteiger partial charge in [-0.1, -0.05) is 24.8 Å². The van der Waals surface area contributed by atoms with E-state index in [-0.39, 0.29) is 11.8 Å². The molecule has 2 N–H and O–H groups in total. The van der Waals surface area contributed by atoms with E-state index < -0.39 is 5.91 Å². The number of nitrogens with two attached hydrogens (primary N) is 1. The standard InChI is InChI=1S/C28H29N3O3/c1-3-26(32)31-16-15-21(18-31)24-13-12-23(28(29)33)27(30-24)20-11-14-25(19(2)17-20)34-22-9-7-5-4-6-8-10-22/h3-5,7,9-14,17,21H,1,6,8,15-16,18H2,2H3,(H2,29,33)/b5-4+,9-7?,22-10?. The molecule has 4 rings (SSSR count). The molecular weight excluding hydrogens is 426 g/mol. The van der Waals surface area contributed by atoms with Crippen molar-refractivity contribution in [3.8, 4) is 17.0 Å². The van der Waals surface area contributed by atoms with Crippen molar-refractivity contribution in [3.63, 3.8) is 0 Å². The van der Waals surface area contributed by atoms with Crippen LogP contribution in [0.15, 0.2) is 79.1 Å². The maximum absolute atomic E-state index is 12.2. The third-order valence-electron chi connectivity index (χ3n) is 6.14. The summed E-state index contributed by atoms with van der Waals surface area (Å²) in [5.74, 6) is 1.04. The second-order valence-corrected chi connectivity index (χ2v) is 8.52. The summed E-state index contributed by atoms with van der Waals surface area (Å²) in [6.07, 6.45) is 14.2. The maximum Gasteiger partial charge on any atom is 0.250 e. The van der Waals surface area contributed by atoms with Crippen LogP contribution in [0.25, 0.3) is 11.3 Å². The van der Waals surface area contributed by atoms with Crippen LogP contribution in [-0.2, 0) is 4.79 Å². The van der Waals surface area contributed by atoms with Gasteiger partial charge in [-0.2, -0.15) is 0 Å². The molecule has 2 aromatic rings. The number of rotatable bonds is 6. The average molecular weight is 456 g/mol. The molecule has 1 saturated heterocycles. The highest BCUT2D eigenvalue weighted by Gasteiger charge is 2.28. The summed E-state index contributed by atoms with van der Waals surface area (Å²) >= 11 is 0. The molecule has 2 aliphatic rings. The van der Waals surface area contributed by atoms with Gasteiger partial charge in [0.25, 0.3) is 5.91 Å². The van der Waals surface area contributed by atoms with E-state index in [1.807, 2.05) is 49.4 Å². The number of benzene rings is 1. The summed E-state index contributed by atoms with van der Waals surface area (Å²) in [6, 6.07) is 9.32. The zero-order chi connectivity index (χ0) is 24.1. The first-order chi connectivity index (χ1) is 16.5. The number of pyridine rings is 1. The fourth-order valence-corrected chi connectivity index (χ4v) is 4.28. The van der Waals surface area contributed by atoms with Crippen LogP contribution in [0.4, 0.5) is 0 Å². The molecule has 0 bridgehead atoms. The fourth-order valence-electron chi connectivity index (χ4n) is 4.28. The van der Waals surface area contributed by atoms with Crippen molar-refractivity contribution in [2.75, 3.05) is 13.1 Å². The summed E-state index contributed by atoms with van der Waals surface area (Å²) in [7, 11) is 0. The molecule has 0 spiro atoms. The van der Waals surface area contributed by atoms with E-state index in [0.717, 1.165) is 47.6 Å². The lowest BCUT2D eigenvalue weighted by Gasteiger charge is -2.16. The summed E-state index contributed by atoms with van der Waals surface area (Å²) in [6.45, 7) is 6.78. The van der Waals surface area contributed by atoms with E-state index in [2.05, 4.69) is 18.7 Å². The second-order valence-electron chi connectivity index (χ2n) is 8.52. The van der Waals surface area contributed by atoms with Gasteiger partial charge in [0, 0.05) is 30.3 Å². The minimum Gasteiger partial charge on any atom is -0.457 e. The highest BCUT2D eigenvalue weighted by Crippen LogP contribution is 2.32. The van der Waals surface area contributed by atoms with Gasteiger partial charge in [-0.3, -0.25) is 14.6 Å². The van der Waals surface area contributed by atoms with Gasteiger partial charge in [0.05, 0.1) is 11.3 Å². The molecule has 0 radical (unpaired) electrons. The summed E-state index contributed by atoms with van der Waals surface area (Å²) in [5, 5.41) is 0. The number of ether oxygens (including phenoxy) is 1. The Labute approximate surface area is 200 Å². The Bertz CT molecular complexity index is 1210. The molecule has 2 amide bonds. The van der Waals surface area contributed by atoms with E-state index in [0.29, 0.717) is 24.3 Å². The first-order valence-electron chi connectivity index (χ1n) is 11.5. The molecular formula is C28H29N3O3. The molecule has 1 aromatic heterocycles. The quantitative estimate of drug-likeness (QED) is 0.633. The van der Waals surface area contributed by atoms with Crippen LogP contribution in [0, 0.1) is 6.92 Å². The number of aromatic nitrogens is 1. The van der Waals surface area contributed by atoms with Gasteiger partial charge in [-0.05, 0) is 80.3 Å². The number of likely N-dealkylation sites (tertiary alicyclic amines) is 1. The van der Waals surface area contributed by atoms with Gasteiger partial charge in [-0.25, -0.2) is 0 Å². The predicted molar refractivity (Wildman–Crippen MR) is 133 cm³/mol. The Hall–Kier alpha value is -3.93. The Kier molecular flexibility index (Phi) is 7.07. The molecule has 2 heterocycles. The number of aryl methyl sites for hydroxylation is 1. The zero-order valence-corrected chi connectivity index (χ0v) is 19.4. The van der Waals surface area contributed by atoms with Crippen molar-refractivity contribution in [2.45, 2.75) is 32.1 Å². The number of hydrogen-bond donors (Lipinski definition) is 1. The lowest BCUT2D eigenvalue weighted by molar-refractivity contribution is -0.125. The normalized spacial score (nSPS) is 18.6. The Morgan fingerprint density at radius 2 is 2.06 bits per heavy atom. The zero-order valence-electron chi connectivity index (χ0n) is 19.4. The van der Waals surface area contributed by atoms with Crippen LogP contribution in [0.1, 0.15) is 46.8 Å². The summed E-state index contributed by atoms with van der Waals surface area (Å²) < 4.78 is 6.12. The number of carbonyl (C=O) groups excluding carboxylic acids is 2. The first-order valence-corrected chi connectivity index (χ1v) is 11.5. The van der Waals surface area contributed by atoms with E-state index in [1.54, 1.807) is 11.0 Å². The number of hydrogen-bond acceptors (Lipinski definition) is 4. The Morgan fingerprint density at radius 3 is 2.82 bits per heavy atom. The molecule has 1 atom stereocenters. The van der Waals surface area contributed by atoms with Crippen LogP contribution in [0.2, 0.25) is 0 Å². The van der Waals surface area contributed by atoms with Gasteiger partial charge >= 0.3 is 0 Å². The summed E-state index contributed by atoms with van der Waals surface area (Å²) in [4.78, 5) is 30.7. The van der Waals surface area contributed by atoms with Gasteiger partial charge < -0.3 is 15.4 Å². The SMILES string of the molecule is C=CC(=O)N1CCC(c2ccc(C(N)=O)c(-c3ccc(OC4=CCC/C=C/C=C4)c(C)c3)n2)C1. The molecule has 34 heavy (non-hydrogen) atoms. The predicted octanol–water partition coefficient (Wildman–Crippen LogP) is 4.83. The third-order valence-corrected chi connectivity index (χ3v) is 6.14. The molecule has 1 aliphatic carbocycles. The largest absolute Gasteiger partial charge is 0.457 e. The van der Waals surface area contributed by atoms with E-state index >= 15 is 0 Å². The number of amides is 2. The minimum atomic E-state index is -0.528. The molecule has 1 aromatic carbocycles. The van der Waals surface area contributed by atoms with Gasteiger partial charge in [-0.15, -0.1) is 0 Å². The molecule has 6 heteroatoms. The lowest BCUT2D eigenvalue weighted by atomic mass is 9.98. The van der Waals surface area contributed by atoms with E-state index in [4.69, 9.17) is 15.5 Å². The van der Waals surface area contributed by atoms with Crippen LogP contribution < -0.4 is 10.5 Å². The van der Waals surface area contributed by atoms with Crippen molar-refractivity contribution in [1.82, 2.24) is 9.88 Å². The summed E-state index contributed by atoms with van der Waals surface area (Å²) in [5.41, 5.74) is 9.14. The monoisotopic (exact) mass is 455 g/mol. The Morgan fingerprint density at radius 1 is 1.21 bits per heavy atom. The van der Waals surface area contributed by atoms with Crippen LogP contribution in [0.5, 0.6) is 5.75 Å². The van der Waals surface area contributed by atoms with Crippen LogP contribution in [-0.4, -0.2) is 34.8 Å². The average Bonchev–Trinajstić information content (AvgIpc) is 3.31. The first kappa shape index (κ1) is 23.2. The van der Waals surface area contributed by atoms with Crippen molar-refractivity contribution in [2.24, 2.45) is 5.73 Å². The number of carbonyl (C=O) groups is 2. The van der Waals surface area contributed by atoms with Crippen LogP contribution in [0.3, 0.4) is 0 Å². The highest BCUT2D eigenvalue weighted by molar-refractivity contribution is 5.99. The topological polar surface area (TPSA) is 85.5 Å². The number of primary amides is 1. The highest BCUT2D eigenvalue weighted by atomic mass is 16.5. The maximum atomic E-state index is 12.2. The van der Waals surface area contributed by atoms with E-state index in [1.165, 1.54) is 6.08 Å². The van der Waals surface area contributed by atoms with E-state index in [9.17, 15) is 9.59 Å². The van der Waals surface area contributed by atoms with Crippen molar-refractivity contribution < 1.29 is 14.3 Å². The fraction of sp³-hybridized carbons (Fsp3) is 0.250. The Balaban J connectivity index is 1.62. The molecule has 0 saturated carbocycles. The number of allylic oxidation sites excluding steroid dienone is 5. The molecule has 1 aliphatic heterocycles. The molecule has 1 unspecified atom stereocenters. The van der Waals surface area contributed by atoms with Gasteiger partial charge in [0.2, 0.25) is 5.91 Å². The molecule has 1 fully saturated rings.